The second-order valence-electron chi connectivity index (χ2n) is 4.59. The molecule has 2 aliphatic heterocycles. The number of amides is 1. The molecule has 0 aromatic rings. The molecule has 20 heavy (non-hydrogen) atoms. The van der Waals surface area contributed by atoms with Gasteiger partial charge < -0.3 is 39.5 Å². The molecular weight excluding hydrogens is 291 g/mol. The van der Waals surface area contributed by atoms with Crippen LogP contribution in [0.2, 0.25) is 0 Å². The van der Waals surface area contributed by atoms with Crippen LogP contribution in [0.3, 0.4) is 0 Å². The van der Waals surface area contributed by atoms with Crippen molar-refractivity contribution in [3.05, 3.63) is 11.8 Å². The van der Waals surface area contributed by atoms with Crippen molar-refractivity contribution in [3.8, 4) is 0 Å². The van der Waals surface area contributed by atoms with Crippen LogP contribution < -0.4 is 5.32 Å². The minimum Gasteiger partial charge on any atom is -0.390 e. The number of aliphatic hydroxyl groups excluding tert-OH is 2. The molecule has 0 aliphatic carbocycles. The Kier molecular flexibility index (Phi) is 4.92. The molecule has 2 heterocycles. The van der Waals surface area contributed by atoms with Crippen molar-refractivity contribution in [2.45, 2.75) is 38.1 Å². The van der Waals surface area contributed by atoms with E-state index in [1.165, 1.54) is 11.1 Å². The number of hydrogen-bond donors (Lipinski definition) is 5. The molecule has 0 bridgehead atoms. The number of carbonyl (C=O) groups excluding carboxylic acids is 1. The molecule has 0 aromatic carbocycles. The van der Waals surface area contributed by atoms with Crippen LogP contribution in [0.1, 0.15) is 13.3 Å². The van der Waals surface area contributed by atoms with E-state index >= 15 is 0 Å². The van der Waals surface area contributed by atoms with Crippen LogP contribution in [0.4, 0.5) is 0 Å². The Bertz CT molecular complexity index is 405. The number of nitrogens with zero attached hydrogens (tertiary/aromatic N) is 1. The third-order valence-electron chi connectivity index (χ3n) is 3.13. The summed E-state index contributed by atoms with van der Waals surface area (Å²) >= 11 is 0. The maximum atomic E-state index is 11.3. The molecule has 0 radical (unpaired) electrons. The van der Waals surface area contributed by atoms with Gasteiger partial charge in [0.25, 0.3) is 5.91 Å². The van der Waals surface area contributed by atoms with Gasteiger partial charge in [0.1, 0.15) is 12.3 Å². The van der Waals surface area contributed by atoms with Crippen LogP contribution in [0.15, 0.2) is 11.8 Å². The zero-order valence-electron chi connectivity index (χ0n) is 10.7. The van der Waals surface area contributed by atoms with Gasteiger partial charge in [-0.15, -0.1) is 0 Å². The highest BCUT2D eigenvalue weighted by atomic mass is 31.2. The number of rotatable bonds is 4. The fraction of sp³-hybridized carbons (Fsp3) is 0.700. The van der Waals surface area contributed by atoms with Gasteiger partial charge in [0.2, 0.25) is 6.35 Å². The molecule has 0 spiro atoms. The summed E-state index contributed by atoms with van der Waals surface area (Å²) in [5.41, 5.74) is 0.405. The molecule has 0 aromatic heterocycles. The van der Waals surface area contributed by atoms with Crippen molar-refractivity contribution < 1.29 is 34.1 Å². The molecule has 1 amide bonds. The summed E-state index contributed by atoms with van der Waals surface area (Å²) in [5.74, 6) is -0.376. The predicted molar refractivity (Wildman–Crippen MR) is 66.3 cm³/mol. The van der Waals surface area contributed by atoms with Crippen LogP contribution in [0.25, 0.3) is 0 Å². The Labute approximate surface area is 116 Å². The van der Waals surface area contributed by atoms with Crippen molar-refractivity contribution >= 4 is 14.5 Å². The van der Waals surface area contributed by atoms with E-state index in [1.807, 2.05) is 0 Å². The summed E-state index contributed by atoms with van der Waals surface area (Å²) in [5, 5.41) is 22.0. The molecule has 10 heteroatoms. The quantitative estimate of drug-likeness (QED) is 0.388. The molecule has 9 nitrogen and oxygen atoms in total. The Morgan fingerprint density at radius 1 is 1.55 bits per heavy atom. The highest BCUT2D eigenvalue weighted by molar-refractivity contribution is 7.39. The van der Waals surface area contributed by atoms with Gasteiger partial charge in [-0.05, 0) is 6.92 Å². The summed E-state index contributed by atoms with van der Waals surface area (Å²) < 4.78 is 10.1. The zero-order chi connectivity index (χ0) is 14.9. The van der Waals surface area contributed by atoms with E-state index in [-0.39, 0.29) is 18.9 Å². The minimum atomic E-state index is -2.51. The van der Waals surface area contributed by atoms with Gasteiger partial charge in [-0.2, -0.15) is 0 Å². The fourth-order valence-electron chi connectivity index (χ4n) is 2.09. The van der Waals surface area contributed by atoms with Crippen molar-refractivity contribution in [1.29, 1.82) is 0 Å². The molecular formula is C10H17N2O7P. The van der Waals surface area contributed by atoms with Crippen LogP contribution in [-0.2, 0) is 14.1 Å². The van der Waals surface area contributed by atoms with Crippen molar-refractivity contribution in [1.82, 2.24) is 10.2 Å². The lowest BCUT2D eigenvalue weighted by Crippen LogP contribution is -2.53. The molecule has 0 saturated carbocycles. The third kappa shape index (κ3) is 3.44. The predicted octanol–water partition coefficient (Wildman–Crippen LogP) is -1.70. The SMILES string of the molecule is CC1=CN(C2CC(O)C(COP(O)O)O2)C(O)NC1=O. The number of ether oxygens (including phenoxy) is 1. The average molecular weight is 308 g/mol. The molecule has 2 rings (SSSR count). The maximum Gasteiger partial charge on any atom is 0.327 e. The first-order valence-electron chi connectivity index (χ1n) is 5.97. The highest BCUT2D eigenvalue weighted by Crippen LogP contribution is 2.30. The van der Waals surface area contributed by atoms with Gasteiger partial charge in [0.05, 0.1) is 12.7 Å². The second kappa shape index (κ2) is 6.31. The van der Waals surface area contributed by atoms with E-state index in [4.69, 9.17) is 14.5 Å². The van der Waals surface area contributed by atoms with Gasteiger partial charge in [0.15, 0.2) is 0 Å². The number of nitrogens with one attached hydrogen (secondary N) is 1. The monoisotopic (exact) mass is 308 g/mol. The van der Waals surface area contributed by atoms with Crippen LogP contribution >= 0.6 is 8.60 Å². The normalized spacial score (nSPS) is 34.4. The summed E-state index contributed by atoms with van der Waals surface area (Å²) in [4.78, 5) is 30.1. The van der Waals surface area contributed by atoms with Crippen LogP contribution in [0, 0.1) is 0 Å². The Morgan fingerprint density at radius 2 is 2.25 bits per heavy atom. The minimum absolute atomic E-state index is 0.171. The third-order valence-corrected chi connectivity index (χ3v) is 3.51. The van der Waals surface area contributed by atoms with Crippen LogP contribution in [-0.4, -0.2) is 62.2 Å². The first-order chi connectivity index (χ1) is 9.38. The molecule has 1 fully saturated rings. The van der Waals surface area contributed by atoms with E-state index in [1.54, 1.807) is 6.92 Å². The molecule has 2 aliphatic rings. The average Bonchev–Trinajstić information content (AvgIpc) is 2.72. The van der Waals surface area contributed by atoms with Gasteiger partial charge in [-0.1, -0.05) is 0 Å². The maximum absolute atomic E-state index is 11.3. The lowest BCUT2D eigenvalue weighted by molar-refractivity contribution is -0.143. The highest BCUT2D eigenvalue weighted by Gasteiger charge is 2.40. The summed E-state index contributed by atoms with van der Waals surface area (Å²) in [6.07, 6.45) is -1.84. The first-order valence-corrected chi connectivity index (χ1v) is 7.14. The van der Waals surface area contributed by atoms with Gasteiger partial charge in [-0.25, -0.2) is 0 Å². The molecule has 1 saturated heterocycles. The molecule has 114 valence electrons. The topological polar surface area (TPSA) is 132 Å². The summed E-state index contributed by atoms with van der Waals surface area (Å²) in [6.45, 7) is 1.42. The number of carbonyl (C=O) groups is 1. The summed E-state index contributed by atoms with van der Waals surface area (Å²) in [6, 6.07) is 0. The molecule has 4 atom stereocenters. The lowest BCUT2D eigenvalue weighted by Gasteiger charge is -2.35. The van der Waals surface area contributed by atoms with Crippen LogP contribution in [0.5, 0.6) is 0 Å². The van der Waals surface area contributed by atoms with Gasteiger partial charge in [0, 0.05) is 18.2 Å². The van der Waals surface area contributed by atoms with Gasteiger partial charge in [-0.3, -0.25) is 4.79 Å². The Morgan fingerprint density at radius 3 is 2.90 bits per heavy atom. The largest absolute Gasteiger partial charge is 0.390 e. The number of hydrogen-bond acceptors (Lipinski definition) is 8. The second-order valence-corrected chi connectivity index (χ2v) is 5.35. The van der Waals surface area contributed by atoms with Crippen molar-refractivity contribution in [3.63, 3.8) is 0 Å². The van der Waals surface area contributed by atoms with E-state index in [9.17, 15) is 15.0 Å². The summed E-state index contributed by atoms with van der Waals surface area (Å²) in [7, 11) is -2.51. The van der Waals surface area contributed by atoms with E-state index in [0.29, 0.717) is 5.57 Å². The molecule has 5 N–H and O–H groups in total. The first kappa shape index (κ1) is 15.6. The lowest BCUT2D eigenvalue weighted by atomic mass is 10.2. The van der Waals surface area contributed by atoms with Gasteiger partial charge >= 0.3 is 8.60 Å². The zero-order valence-corrected chi connectivity index (χ0v) is 11.6. The van der Waals surface area contributed by atoms with Crippen molar-refractivity contribution in [2.24, 2.45) is 0 Å². The van der Waals surface area contributed by atoms with E-state index in [2.05, 4.69) is 9.84 Å². The van der Waals surface area contributed by atoms with Crippen molar-refractivity contribution in [2.75, 3.05) is 6.61 Å². The Hall–Kier alpha value is -0.800. The Balaban J connectivity index is 1.99. The van der Waals surface area contributed by atoms with E-state index < -0.39 is 33.4 Å². The fourth-order valence-corrected chi connectivity index (χ4v) is 2.37. The molecule has 4 unspecified atom stereocenters. The standard InChI is InChI=1S/C10H17N2O7P/c1-5-3-12(10(15)11-9(5)14)8-2-6(13)7(19-8)4-18-20(16)17/h3,6-8,10,13,15-17H,2,4H2,1H3,(H,11,14). The van der Waals surface area contributed by atoms with E-state index in [0.717, 1.165) is 0 Å². The smallest absolute Gasteiger partial charge is 0.327 e. The number of aliphatic hydroxyl groups is 2.